The van der Waals surface area contributed by atoms with Gasteiger partial charge in [-0.1, -0.05) is 37.3 Å². The zero-order chi connectivity index (χ0) is 15.2. The molecule has 2 N–H and O–H groups in total. The number of carbonyl (C=O) groups excluding carboxylic acids is 2. The van der Waals surface area contributed by atoms with Crippen molar-refractivity contribution < 1.29 is 14.3 Å². The predicted molar refractivity (Wildman–Crippen MR) is 78.2 cm³/mol. The maximum Gasteiger partial charge on any atom is 0.326 e. The van der Waals surface area contributed by atoms with Gasteiger partial charge in [0.25, 0.3) is 0 Å². The molecule has 0 saturated heterocycles. The molecule has 0 unspecified atom stereocenters. The van der Waals surface area contributed by atoms with Crippen molar-refractivity contribution >= 4 is 11.8 Å². The minimum atomic E-state index is -1.27. The van der Waals surface area contributed by atoms with Crippen LogP contribution in [-0.4, -0.2) is 23.9 Å². The first-order chi connectivity index (χ1) is 9.45. The summed E-state index contributed by atoms with van der Waals surface area (Å²) < 4.78 is 5.05. The minimum absolute atomic E-state index is 0.0914. The van der Waals surface area contributed by atoms with Crippen LogP contribution in [0, 0.1) is 5.92 Å². The maximum atomic E-state index is 12.1. The monoisotopic (exact) mass is 277 g/mol. The van der Waals surface area contributed by atoms with Crippen LogP contribution >= 0.6 is 0 Å². The number of benzene rings is 1. The van der Waals surface area contributed by atoms with E-state index in [1.807, 2.05) is 30.3 Å². The van der Waals surface area contributed by atoms with Gasteiger partial charge in [0, 0.05) is 0 Å². The van der Waals surface area contributed by atoms with Crippen molar-refractivity contribution in [2.24, 2.45) is 11.7 Å². The fraction of sp³-hybridized carbons (Fsp3) is 0.500. The smallest absolute Gasteiger partial charge is 0.326 e. The van der Waals surface area contributed by atoms with Crippen molar-refractivity contribution in [2.75, 3.05) is 6.61 Å². The van der Waals surface area contributed by atoms with Gasteiger partial charge in [-0.2, -0.15) is 0 Å². The van der Waals surface area contributed by atoms with Crippen LogP contribution in [0.1, 0.15) is 32.8 Å². The van der Waals surface area contributed by atoms with Crippen molar-refractivity contribution in [3.05, 3.63) is 35.9 Å². The van der Waals surface area contributed by atoms with Gasteiger partial charge in [0.15, 0.2) is 0 Å². The van der Waals surface area contributed by atoms with E-state index in [1.165, 1.54) is 6.92 Å². The van der Waals surface area contributed by atoms with Crippen molar-refractivity contribution in [3.8, 4) is 0 Å². The van der Waals surface area contributed by atoms with Gasteiger partial charge in [0.1, 0.15) is 11.3 Å². The standard InChI is InChI=1S/C16H23NO3/c1-4-16(17,15(19)20-5-2)14(12(3)18)11-13-9-7-6-8-10-13/h6-10,14H,4-5,11,17H2,1-3H3/t14-,16-/m0/s1. The Kier molecular flexibility index (Phi) is 5.89. The second-order valence-electron chi connectivity index (χ2n) is 4.97. The number of Topliss-reactive ketones (excluding diaryl/α,β-unsaturated/α-hetero) is 1. The third kappa shape index (κ3) is 3.67. The minimum Gasteiger partial charge on any atom is -0.465 e. The first-order valence-electron chi connectivity index (χ1n) is 6.96. The summed E-state index contributed by atoms with van der Waals surface area (Å²) in [6, 6.07) is 9.57. The van der Waals surface area contributed by atoms with E-state index in [2.05, 4.69) is 0 Å². The molecular weight excluding hydrogens is 254 g/mol. The molecule has 1 aromatic carbocycles. The summed E-state index contributed by atoms with van der Waals surface area (Å²) in [6.45, 7) is 5.27. The number of hydrogen-bond acceptors (Lipinski definition) is 4. The molecule has 4 nitrogen and oxygen atoms in total. The molecule has 20 heavy (non-hydrogen) atoms. The molecule has 4 heteroatoms. The fourth-order valence-electron chi connectivity index (χ4n) is 2.34. The summed E-state index contributed by atoms with van der Waals surface area (Å²) >= 11 is 0. The van der Waals surface area contributed by atoms with E-state index in [9.17, 15) is 9.59 Å². The third-order valence-corrected chi connectivity index (χ3v) is 3.64. The molecule has 0 aromatic heterocycles. The lowest BCUT2D eigenvalue weighted by atomic mass is 9.76. The molecule has 0 aliphatic heterocycles. The number of esters is 1. The van der Waals surface area contributed by atoms with Crippen LogP contribution in [-0.2, 0) is 20.7 Å². The number of ketones is 1. The highest BCUT2D eigenvalue weighted by atomic mass is 16.5. The average Bonchev–Trinajstić information content (AvgIpc) is 2.45. The van der Waals surface area contributed by atoms with Gasteiger partial charge in [-0.3, -0.25) is 9.59 Å². The van der Waals surface area contributed by atoms with Crippen LogP contribution in [0.4, 0.5) is 0 Å². The summed E-state index contributed by atoms with van der Waals surface area (Å²) in [5.74, 6) is -1.17. The number of rotatable bonds is 7. The van der Waals surface area contributed by atoms with Crippen LogP contribution in [0.3, 0.4) is 0 Å². The van der Waals surface area contributed by atoms with Gasteiger partial charge in [-0.05, 0) is 32.3 Å². The molecule has 110 valence electrons. The Morgan fingerprint density at radius 1 is 1.25 bits per heavy atom. The molecular formula is C16H23NO3. The molecule has 0 saturated carbocycles. The van der Waals surface area contributed by atoms with Gasteiger partial charge >= 0.3 is 5.97 Å². The largest absolute Gasteiger partial charge is 0.465 e. The van der Waals surface area contributed by atoms with Crippen LogP contribution in [0.15, 0.2) is 30.3 Å². The van der Waals surface area contributed by atoms with Crippen molar-refractivity contribution in [3.63, 3.8) is 0 Å². The Hall–Kier alpha value is -1.68. The quantitative estimate of drug-likeness (QED) is 0.775. The van der Waals surface area contributed by atoms with Crippen molar-refractivity contribution in [2.45, 2.75) is 39.2 Å². The van der Waals surface area contributed by atoms with Crippen LogP contribution in [0.25, 0.3) is 0 Å². The highest BCUT2D eigenvalue weighted by Crippen LogP contribution is 2.25. The highest BCUT2D eigenvalue weighted by molar-refractivity contribution is 5.90. The van der Waals surface area contributed by atoms with E-state index in [4.69, 9.17) is 10.5 Å². The zero-order valence-electron chi connectivity index (χ0n) is 12.4. The third-order valence-electron chi connectivity index (χ3n) is 3.64. The van der Waals surface area contributed by atoms with Crippen molar-refractivity contribution in [1.29, 1.82) is 0 Å². The highest BCUT2D eigenvalue weighted by Gasteiger charge is 2.44. The van der Waals surface area contributed by atoms with Gasteiger partial charge in [-0.25, -0.2) is 0 Å². The van der Waals surface area contributed by atoms with E-state index >= 15 is 0 Å². The zero-order valence-corrected chi connectivity index (χ0v) is 12.4. The Labute approximate surface area is 120 Å². The van der Waals surface area contributed by atoms with E-state index < -0.39 is 17.4 Å². The van der Waals surface area contributed by atoms with Gasteiger partial charge in [0.2, 0.25) is 0 Å². The fourth-order valence-corrected chi connectivity index (χ4v) is 2.34. The Morgan fingerprint density at radius 2 is 1.85 bits per heavy atom. The molecule has 0 aliphatic carbocycles. The number of carbonyl (C=O) groups is 2. The van der Waals surface area contributed by atoms with Crippen LogP contribution < -0.4 is 5.73 Å². The summed E-state index contributed by atoms with van der Waals surface area (Å²) in [6.07, 6.45) is 0.808. The normalized spacial score (nSPS) is 15.2. The second kappa shape index (κ2) is 7.20. The summed E-state index contributed by atoms with van der Waals surface area (Å²) in [4.78, 5) is 24.1. The predicted octanol–water partition coefficient (Wildman–Crippen LogP) is 2.10. The lowest BCUT2D eigenvalue weighted by molar-refractivity contribution is -0.154. The van der Waals surface area contributed by atoms with Crippen LogP contribution in [0.2, 0.25) is 0 Å². The molecule has 0 aliphatic rings. The summed E-state index contributed by atoms with van der Waals surface area (Å²) in [7, 11) is 0. The lowest BCUT2D eigenvalue weighted by Gasteiger charge is -2.33. The molecule has 2 atom stereocenters. The van der Waals surface area contributed by atoms with E-state index in [0.29, 0.717) is 12.8 Å². The number of ether oxygens (including phenoxy) is 1. The Bertz CT molecular complexity index is 458. The molecule has 1 rings (SSSR count). The maximum absolute atomic E-state index is 12.1. The first-order valence-corrected chi connectivity index (χ1v) is 6.96. The Balaban J connectivity index is 3.04. The van der Waals surface area contributed by atoms with Gasteiger partial charge < -0.3 is 10.5 Å². The van der Waals surface area contributed by atoms with Gasteiger partial charge in [0.05, 0.1) is 12.5 Å². The Morgan fingerprint density at radius 3 is 2.30 bits per heavy atom. The number of hydrogen-bond donors (Lipinski definition) is 1. The lowest BCUT2D eigenvalue weighted by Crippen LogP contribution is -2.57. The van der Waals surface area contributed by atoms with Crippen molar-refractivity contribution in [1.82, 2.24) is 0 Å². The molecule has 0 radical (unpaired) electrons. The molecule has 0 fully saturated rings. The molecule has 1 aromatic rings. The first kappa shape index (κ1) is 16.4. The van der Waals surface area contributed by atoms with Crippen LogP contribution in [0.5, 0.6) is 0 Å². The molecule has 0 heterocycles. The molecule has 0 amide bonds. The van der Waals surface area contributed by atoms with Gasteiger partial charge in [-0.15, -0.1) is 0 Å². The van der Waals surface area contributed by atoms with E-state index in [1.54, 1.807) is 13.8 Å². The topological polar surface area (TPSA) is 69.4 Å². The van der Waals surface area contributed by atoms with E-state index in [-0.39, 0.29) is 12.4 Å². The average molecular weight is 277 g/mol. The second-order valence-corrected chi connectivity index (χ2v) is 4.97. The molecule has 0 bridgehead atoms. The molecule has 0 spiro atoms. The number of nitrogens with two attached hydrogens (primary N) is 1. The summed E-state index contributed by atoms with van der Waals surface area (Å²) in [5, 5.41) is 0. The SMILES string of the molecule is CCOC(=O)[C@](N)(CC)[C@@H](Cc1ccccc1)C(C)=O. The summed E-state index contributed by atoms with van der Waals surface area (Å²) in [5.41, 5.74) is 5.94. The van der Waals surface area contributed by atoms with E-state index in [0.717, 1.165) is 5.56 Å².